The molecule has 75 heavy (non-hydrogen) atoms. The van der Waals surface area contributed by atoms with Crippen molar-refractivity contribution < 1.29 is 51.7 Å². The molecule has 9 rings (SSSR count). The molecule has 0 saturated carbocycles. The molecular weight excluding hydrogens is 1060 g/mol. The first-order valence-corrected chi connectivity index (χ1v) is 25.5. The highest BCUT2D eigenvalue weighted by atomic mass is 35.5. The van der Waals surface area contributed by atoms with Crippen LogP contribution in [0.4, 0.5) is 30.2 Å². The van der Waals surface area contributed by atoms with Gasteiger partial charge in [-0.2, -0.15) is 11.8 Å². The number of ketones is 1. The number of nitro groups is 3. The van der Waals surface area contributed by atoms with Crippen molar-refractivity contribution in [1.82, 2.24) is 0 Å². The molecule has 1 unspecified atom stereocenters. The molecule has 3 heterocycles. The maximum absolute atomic E-state index is 15.1. The predicted octanol–water partition coefficient (Wildman–Crippen LogP) is 15.1. The van der Waals surface area contributed by atoms with E-state index in [0.717, 1.165) is 12.2 Å². The van der Waals surface area contributed by atoms with Crippen LogP contribution in [0.3, 0.4) is 0 Å². The summed E-state index contributed by atoms with van der Waals surface area (Å²) in [6.45, 7) is 0. The quantitative estimate of drug-likeness (QED) is 0.0434. The zero-order valence-electron chi connectivity index (χ0n) is 39.9. The Morgan fingerprint density at radius 1 is 0.587 bits per heavy atom. The first kappa shape index (κ1) is 56.4. The Balaban J connectivity index is 0.000000172. The summed E-state index contributed by atoms with van der Waals surface area (Å²) < 4.78 is 59.6. The fraction of sp³-hybridized carbons (Fsp3) is 0.148. The smallest absolute Gasteiger partial charge is 0.270 e. The topological polar surface area (TPSA) is 191 Å². The minimum atomic E-state index is -0.766. The Bertz CT molecular complexity index is 3320. The summed E-state index contributed by atoms with van der Waals surface area (Å²) in [6.07, 6.45) is 2.94. The molecule has 1 atom stereocenters. The Morgan fingerprint density at radius 2 is 1.05 bits per heavy atom. The second kappa shape index (κ2) is 26.9. The van der Waals surface area contributed by atoms with Gasteiger partial charge in [-0.15, -0.1) is 22.7 Å². The SMILES string of the molecule is COc1ccc(C(=O)c2cccs2)c(F)c1-c1cccc([N+](=O)[O-])c1.COc1ccc(CC2CCCS2)c(F)c1-c1cccc([N+](=O)[O-])c1.COc1cccc(F)c1-c1cccc([N+](=O)[O-])c1.O=C(Cl)c1cccs1. The molecule has 386 valence electrons. The molecule has 0 radical (unpaired) electrons. The first-order valence-electron chi connectivity index (χ1n) is 22.3. The van der Waals surface area contributed by atoms with Gasteiger partial charge in [0.25, 0.3) is 22.3 Å². The largest absolute Gasteiger partial charge is 0.496 e. The van der Waals surface area contributed by atoms with Gasteiger partial charge >= 0.3 is 0 Å². The second-order valence-electron chi connectivity index (χ2n) is 15.8. The minimum absolute atomic E-state index is 0.0219. The summed E-state index contributed by atoms with van der Waals surface area (Å²) in [5.41, 5.74) is 1.89. The van der Waals surface area contributed by atoms with Gasteiger partial charge in [0.05, 0.1) is 68.1 Å². The van der Waals surface area contributed by atoms with E-state index in [-0.39, 0.29) is 56.1 Å². The number of hydrogen-bond acceptors (Lipinski definition) is 14. The second-order valence-corrected chi connectivity index (χ2v) is 19.4. The lowest BCUT2D eigenvalue weighted by Crippen LogP contribution is -2.06. The lowest BCUT2D eigenvalue weighted by atomic mass is 9.97. The van der Waals surface area contributed by atoms with Crippen molar-refractivity contribution in [2.45, 2.75) is 24.5 Å². The van der Waals surface area contributed by atoms with Crippen LogP contribution in [0, 0.1) is 47.8 Å². The lowest BCUT2D eigenvalue weighted by Gasteiger charge is -2.15. The summed E-state index contributed by atoms with van der Waals surface area (Å²) in [5, 5.41) is 36.3. The van der Waals surface area contributed by atoms with E-state index < -0.39 is 32.2 Å². The van der Waals surface area contributed by atoms with Gasteiger partial charge in [-0.05, 0) is 112 Å². The van der Waals surface area contributed by atoms with E-state index in [4.69, 9.17) is 25.8 Å². The number of thioether (sulfide) groups is 1. The predicted molar refractivity (Wildman–Crippen MR) is 287 cm³/mol. The molecule has 1 fully saturated rings. The molecule has 14 nitrogen and oxygen atoms in total. The summed E-state index contributed by atoms with van der Waals surface area (Å²) in [5.74, 6) is 0.0181. The zero-order chi connectivity index (χ0) is 54.2. The van der Waals surface area contributed by atoms with Crippen molar-refractivity contribution in [3.63, 3.8) is 0 Å². The standard InChI is InChI=1S/C18H12FNO4S.C18H18FNO3S.C13H10FNO3.C5H3ClOS/c1-24-14-8-7-13(18(21)15-6-3-9-25-15)17(19)16(14)11-4-2-5-12(10-11)20(22)23;1-23-16-8-7-13(11-15-6-3-9-24-15)18(19)17(16)12-4-2-5-14(10-12)20(21)22;1-18-12-7-3-6-11(14)13(12)9-4-2-5-10(8-9)15(16)17;6-5(7)4-2-1-3-8-4/h2-10H,1H3;2,4-5,7-8,10,15H,3,6,9,11H2,1H3;2-8H,1H3;1-3H. The first-order chi connectivity index (χ1) is 36.1. The molecular formula is C54H43ClF3N3O11S3. The van der Waals surface area contributed by atoms with E-state index in [1.807, 2.05) is 17.1 Å². The van der Waals surface area contributed by atoms with Crippen LogP contribution >= 0.6 is 46.0 Å². The van der Waals surface area contributed by atoms with E-state index in [9.17, 15) is 44.3 Å². The number of nitrogens with zero attached hydrogens (tertiary/aromatic N) is 3. The molecule has 6 aromatic carbocycles. The third-order valence-corrected chi connectivity index (χ3v) is 14.6. The van der Waals surface area contributed by atoms with Crippen LogP contribution in [0.15, 0.2) is 150 Å². The maximum atomic E-state index is 15.1. The van der Waals surface area contributed by atoms with E-state index in [0.29, 0.717) is 55.2 Å². The molecule has 1 aliphatic heterocycles. The number of methoxy groups -OCH3 is 3. The van der Waals surface area contributed by atoms with Crippen LogP contribution in [0.25, 0.3) is 33.4 Å². The van der Waals surface area contributed by atoms with Crippen LogP contribution < -0.4 is 14.2 Å². The van der Waals surface area contributed by atoms with Crippen LogP contribution in [-0.2, 0) is 6.42 Å². The van der Waals surface area contributed by atoms with Crippen molar-refractivity contribution in [3.8, 4) is 50.6 Å². The minimum Gasteiger partial charge on any atom is -0.496 e. The van der Waals surface area contributed by atoms with Gasteiger partial charge in [0.1, 0.15) is 34.7 Å². The number of benzene rings is 6. The highest BCUT2D eigenvalue weighted by Gasteiger charge is 2.25. The van der Waals surface area contributed by atoms with Crippen molar-refractivity contribution >= 4 is 74.1 Å². The van der Waals surface area contributed by atoms with Crippen molar-refractivity contribution in [3.05, 3.63) is 219 Å². The Kier molecular flexibility index (Phi) is 20.2. The summed E-state index contributed by atoms with van der Waals surface area (Å²) in [6, 6.07) is 34.9. The van der Waals surface area contributed by atoms with Crippen LogP contribution in [-0.4, -0.2) is 58.1 Å². The van der Waals surface area contributed by atoms with E-state index in [1.54, 1.807) is 66.0 Å². The number of hydrogen-bond donors (Lipinski definition) is 0. The number of non-ortho nitro benzene ring substituents is 3. The highest BCUT2D eigenvalue weighted by Crippen LogP contribution is 2.40. The molecule has 0 spiro atoms. The number of nitro benzene ring substituents is 3. The van der Waals surface area contributed by atoms with Crippen molar-refractivity contribution in [2.24, 2.45) is 0 Å². The van der Waals surface area contributed by atoms with E-state index >= 15 is 8.78 Å². The number of rotatable bonds is 14. The normalized spacial score (nSPS) is 12.3. The fourth-order valence-electron chi connectivity index (χ4n) is 7.63. The zero-order valence-corrected chi connectivity index (χ0v) is 43.1. The average Bonchev–Trinajstić information content (AvgIpc) is 4.27. The Hall–Kier alpha value is -7.91. The van der Waals surface area contributed by atoms with E-state index in [2.05, 4.69) is 0 Å². The molecule has 21 heteroatoms. The highest BCUT2D eigenvalue weighted by molar-refractivity contribution is 8.00. The molecule has 1 saturated heterocycles. The van der Waals surface area contributed by atoms with E-state index in [1.165, 1.54) is 129 Å². The van der Waals surface area contributed by atoms with Crippen LogP contribution in [0.2, 0.25) is 0 Å². The van der Waals surface area contributed by atoms with Crippen molar-refractivity contribution in [1.29, 1.82) is 0 Å². The van der Waals surface area contributed by atoms with Gasteiger partial charge in [0, 0.05) is 41.6 Å². The van der Waals surface area contributed by atoms with Gasteiger partial charge in [-0.25, -0.2) is 13.2 Å². The lowest BCUT2D eigenvalue weighted by molar-refractivity contribution is -0.385. The molecule has 0 amide bonds. The van der Waals surface area contributed by atoms with Gasteiger partial charge in [0.2, 0.25) is 5.78 Å². The molecule has 1 aliphatic rings. The Labute approximate surface area is 444 Å². The van der Waals surface area contributed by atoms with Gasteiger partial charge < -0.3 is 14.2 Å². The number of ether oxygens (including phenoxy) is 3. The molecule has 0 bridgehead atoms. The average molecular weight is 1100 g/mol. The summed E-state index contributed by atoms with van der Waals surface area (Å²) >= 11 is 9.56. The van der Waals surface area contributed by atoms with Crippen LogP contribution in [0.1, 0.15) is 43.3 Å². The third kappa shape index (κ3) is 14.4. The number of carbonyl (C=O) groups is 2. The molecule has 0 aliphatic carbocycles. The third-order valence-electron chi connectivity index (χ3n) is 11.1. The number of thiophene rings is 2. The summed E-state index contributed by atoms with van der Waals surface area (Å²) in [7, 11) is 4.27. The fourth-order valence-corrected chi connectivity index (χ4v) is 10.4. The van der Waals surface area contributed by atoms with Gasteiger partial charge in [0.15, 0.2) is 0 Å². The van der Waals surface area contributed by atoms with Gasteiger partial charge in [-0.3, -0.25) is 39.9 Å². The Morgan fingerprint density at radius 3 is 1.49 bits per heavy atom. The monoisotopic (exact) mass is 1100 g/mol. The number of halogens is 4. The van der Waals surface area contributed by atoms with Crippen LogP contribution in [0.5, 0.6) is 17.2 Å². The van der Waals surface area contributed by atoms with Crippen molar-refractivity contribution in [2.75, 3.05) is 27.1 Å². The summed E-state index contributed by atoms with van der Waals surface area (Å²) in [4.78, 5) is 54.9. The molecule has 2 aromatic heterocycles. The molecule has 8 aromatic rings. The maximum Gasteiger partial charge on any atom is 0.270 e. The molecule has 0 N–H and O–H groups in total. The van der Waals surface area contributed by atoms with Gasteiger partial charge in [-0.1, -0.05) is 60.7 Å². The number of carbonyl (C=O) groups excluding carboxylic acids is 2.